The highest BCUT2D eigenvalue weighted by Gasteiger charge is 2.34. The van der Waals surface area contributed by atoms with E-state index >= 15 is 0 Å². The summed E-state index contributed by atoms with van der Waals surface area (Å²) in [5.41, 5.74) is 0.481. The van der Waals surface area contributed by atoms with Crippen molar-refractivity contribution in [2.75, 3.05) is 13.2 Å². The fraction of sp³-hybridized carbons (Fsp3) is 0.133. The third-order valence-electron chi connectivity index (χ3n) is 2.67. The van der Waals surface area contributed by atoms with Crippen molar-refractivity contribution >= 4 is 35.0 Å². The molecule has 0 radical (unpaired) electrons. The summed E-state index contributed by atoms with van der Waals surface area (Å²) in [4.78, 5) is 35.4. The molecule has 22 heavy (non-hydrogen) atoms. The standard InChI is InChI=1S/C15H11NO5S/c1-2-7-16-14(19)12(22-15(16)20)8-10-5-3-4-6-11(10)21-9-13(17)18/h1,3-6,8H,7,9H2,(H,17,18)/p-1/b12-8-. The van der Waals surface area contributed by atoms with E-state index in [1.165, 1.54) is 6.08 Å². The molecular formula is C15H10NO5S-. The summed E-state index contributed by atoms with van der Waals surface area (Å²) in [5.74, 6) is 0.678. The zero-order valence-corrected chi connectivity index (χ0v) is 12.1. The number of amides is 2. The molecule has 1 heterocycles. The highest BCUT2D eigenvalue weighted by atomic mass is 32.2. The van der Waals surface area contributed by atoms with Gasteiger partial charge in [0.05, 0.1) is 17.4 Å². The molecule has 1 saturated heterocycles. The van der Waals surface area contributed by atoms with Crippen LogP contribution >= 0.6 is 11.8 Å². The maximum Gasteiger partial charge on any atom is 0.294 e. The number of aliphatic carboxylic acids is 1. The van der Waals surface area contributed by atoms with Gasteiger partial charge in [-0.25, -0.2) is 0 Å². The van der Waals surface area contributed by atoms with Crippen molar-refractivity contribution < 1.29 is 24.2 Å². The van der Waals surface area contributed by atoms with Crippen LogP contribution in [0.25, 0.3) is 6.08 Å². The Bertz CT molecular complexity index is 704. The Hall–Kier alpha value is -2.72. The molecule has 2 rings (SSSR count). The van der Waals surface area contributed by atoms with Gasteiger partial charge in [0.15, 0.2) is 0 Å². The number of carbonyl (C=O) groups excluding carboxylic acids is 3. The fourth-order valence-corrected chi connectivity index (χ4v) is 2.57. The Labute approximate surface area is 130 Å². The zero-order valence-electron chi connectivity index (χ0n) is 11.3. The van der Waals surface area contributed by atoms with Crippen molar-refractivity contribution in [1.29, 1.82) is 0 Å². The number of thioether (sulfide) groups is 1. The lowest BCUT2D eigenvalue weighted by Crippen LogP contribution is -2.29. The normalized spacial score (nSPS) is 16.0. The molecular weight excluding hydrogens is 306 g/mol. The number of imide groups is 1. The van der Waals surface area contributed by atoms with Crippen LogP contribution in [0.15, 0.2) is 29.2 Å². The van der Waals surface area contributed by atoms with Crippen LogP contribution in [0.2, 0.25) is 0 Å². The zero-order chi connectivity index (χ0) is 16.1. The van der Waals surface area contributed by atoms with Gasteiger partial charge in [-0.05, 0) is 23.9 Å². The molecule has 2 amide bonds. The Kier molecular flexibility index (Phi) is 4.86. The molecule has 0 bridgehead atoms. The minimum atomic E-state index is -1.36. The van der Waals surface area contributed by atoms with E-state index in [-0.39, 0.29) is 17.2 Å². The predicted molar refractivity (Wildman–Crippen MR) is 78.5 cm³/mol. The number of ether oxygens (including phenoxy) is 1. The molecule has 0 aromatic heterocycles. The molecule has 1 aromatic rings. The number of carboxylic acid groups (broad SMARTS) is 1. The van der Waals surface area contributed by atoms with Crippen LogP contribution in [-0.2, 0) is 9.59 Å². The van der Waals surface area contributed by atoms with Crippen LogP contribution in [0.5, 0.6) is 5.75 Å². The Morgan fingerprint density at radius 2 is 2.14 bits per heavy atom. The van der Waals surface area contributed by atoms with Crippen LogP contribution < -0.4 is 9.84 Å². The number of rotatable bonds is 5. The second kappa shape index (κ2) is 6.83. The first kappa shape index (κ1) is 15.7. The minimum absolute atomic E-state index is 0.0924. The molecule has 0 saturated carbocycles. The van der Waals surface area contributed by atoms with Gasteiger partial charge in [-0.15, -0.1) is 6.42 Å². The Balaban J connectivity index is 2.27. The first-order chi connectivity index (χ1) is 10.5. The highest BCUT2D eigenvalue weighted by molar-refractivity contribution is 8.18. The van der Waals surface area contributed by atoms with Gasteiger partial charge in [-0.1, -0.05) is 24.1 Å². The second-order valence-electron chi connectivity index (χ2n) is 4.17. The van der Waals surface area contributed by atoms with Crippen molar-refractivity contribution in [1.82, 2.24) is 4.90 Å². The summed E-state index contributed by atoms with van der Waals surface area (Å²) in [5, 5.41) is 10.0. The highest BCUT2D eigenvalue weighted by Crippen LogP contribution is 2.33. The van der Waals surface area contributed by atoms with Crippen LogP contribution in [0.3, 0.4) is 0 Å². The molecule has 6 nitrogen and oxygen atoms in total. The first-order valence-electron chi connectivity index (χ1n) is 6.13. The van der Waals surface area contributed by atoms with Gasteiger partial charge in [0.25, 0.3) is 11.1 Å². The number of terminal acetylenes is 1. The number of hydrogen-bond acceptors (Lipinski definition) is 6. The monoisotopic (exact) mass is 316 g/mol. The summed E-state index contributed by atoms with van der Waals surface area (Å²) < 4.78 is 5.09. The van der Waals surface area contributed by atoms with E-state index in [2.05, 4.69) is 5.92 Å². The minimum Gasteiger partial charge on any atom is -0.546 e. The molecule has 0 aliphatic carbocycles. The van der Waals surface area contributed by atoms with Gasteiger partial charge < -0.3 is 14.6 Å². The third kappa shape index (κ3) is 3.48. The number of hydrogen-bond donors (Lipinski definition) is 0. The number of carboxylic acids is 1. The summed E-state index contributed by atoms with van der Waals surface area (Å²) in [7, 11) is 0. The second-order valence-corrected chi connectivity index (χ2v) is 5.16. The quantitative estimate of drug-likeness (QED) is 0.580. The summed E-state index contributed by atoms with van der Waals surface area (Å²) in [6.45, 7) is -0.700. The first-order valence-corrected chi connectivity index (χ1v) is 6.95. The predicted octanol–water partition coefficient (Wildman–Crippen LogP) is 0.485. The van der Waals surface area contributed by atoms with Crippen molar-refractivity contribution in [3.05, 3.63) is 34.7 Å². The topological polar surface area (TPSA) is 86.7 Å². The molecule has 0 spiro atoms. The van der Waals surface area contributed by atoms with Crippen molar-refractivity contribution in [2.45, 2.75) is 0 Å². The van der Waals surface area contributed by atoms with Gasteiger partial charge in [0.1, 0.15) is 12.4 Å². The molecule has 7 heteroatoms. The van der Waals surface area contributed by atoms with E-state index in [0.29, 0.717) is 5.56 Å². The van der Waals surface area contributed by atoms with Crippen LogP contribution in [-0.4, -0.2) is 35.2 Å². The SMILES string of the molecule is C#CCN1C(=O)S/C(=C\c2ccccc2OCC(=O)[O-])C1=O. The lowest BCUT2D eigenvalue weighted by Gasteiger charge is -2.10. The van der Waals surface area contributed by atoms with E-state index < -0.39 is 23.7 Å². The van der Waals surface area contributed by atoms with Crippen LogP contribution in [0, 0.1) is 12.3 Å². The van der Waals surface area contributed by atoms with E-state index in [9.17, 15) is 19.5 Å². The third-order valence-corrected chi connectivity index (χ3v) is 3.58. The van der Waals surface area contributed by atoms with Crippen LogP contribution in [0.1, 0.15) is 5.56 Å². The molecule has 1 aromatic carbocycles. The summed E-state index contributed by atoms with van der Waals surface area (Å²) in [6.07, 6.45) is 6.58. The van der Waals surface area contributed by atoms with Gasteiger partial charge in [0, 0.05) is 5.56 Å². The Morgan fingerprint density at radius 3 is 2.82 bits per heavy atom. The molecule has 1 aliphatic heterocycles. The van der Waals surface area contributed by atoms with Gasteiger partial charge in [-0.2, -0.15) is 0 Å². The average molecular weight is 316 g/mol. The van der Waals surface area contributed by atoms with Crippen molar-refractivity contribution in [3.63, 3.8) is 0 Å². The van der Waals surface area contributed by atoms with E-state index in [1.807, 2.05) is 0 Å². The number of nitrogens with zero attached hydrogens (tertiary/aromatic N) is 1. The van der Waals surface area contributed by atoms with E-state index in [1.54, 1.807) is 24.3 Å². The largest absolute Gasteiger partial charge is 0.546 e. The fourth-order valence-electron chi connectivity index (χ4n) is 1.74. The van der Waals surface area contributed by atoms with Crippen LogP contribution in [0.4, 0.5) is 4.79 Å². The molecule has 0 atom stereocenters. The smallest absolute Gasteiger partial charge is 0.294 e. The maximum atomic E-state index is 12.1. The van der Waals surface area contributed by atoms with Crippen molar-refractivity contribution in [2.24, 2.45) is 0 Å². The lowest BCUT2D eigenvalue weighted by molar-refractivity contribution is -0.307. The number of carbonyl (C=O) groups is 3. The maximum absolute atomic E-state index is 12.1. The van der Waals surface area contributed by atoms with Gasteiger partial charge in [-0.3, -0.25) is 14.5 Å². The average Bonchev–Trinajstić information content (AvgIpc) is 2.74. The molecule has 1 aliphatic rings. The molecule has 0 N–H and O–H groups in total. The number of para-hydroxylation sites is 1. The lowest BCUT2D eigenvalue weighted by atomic mass is 10.2. The molecule has 112 valence electrons. The van der Waals surface area contributed by atoms with Crippen molar-refractivity contribution in [3.8, 4) is 18.1 Å². The Morgan fingerprint density at radius 1 is 1.41 bits per heavy atom. The van der Waals surface area contributed by atoms with Gasteiger partial charge >= 0.3 is 0 Å². The molecule has 1 fully saturated rings. The summed E-state index contributed by atoms with van der Waals surface area (Å²) in [6, 6.07) is 6.55. The van der Waals surface area contributed by atoms with Gasteiger partial charge in [0.2, 0.25) is 0 Å². The molecule has 0 unspecified atom stereocenters. The number of benzene rings is 1. The van der Waals surface area contributed by atoms with E-state index in [4.69, 9.17) is 11.2 Å². The summed E-state index contributed by atoms with van der Waals surface area (Å²) >= 11 is 0.768. The van der Waals surface area contributed by atoms with E-state index in [0.717, 1.165) is 16.7 Å².